The van der Waals surface area contributed by atoms with Crippen molar-refractivity contribution in [2.24, 2.45) is 4.99 Å². The summed E-state index contributed by atoms with van der Waals surface area (Å²) in [7, 11) is -1.84. The van der Waals surface area contributed by atoms with Gasteiger partial charge in [0.25, 0.3) is 0 Å². The van der Waals surface area contributed by atoms with E-state index in [9.17, 15) is 8.42 Å². The van der Waals surface area contributed by atoms with Crippen LogP contribution in [0.4, 0.5) is 0 Å². The van der Waals surface area contributed by atoms with Crippen molar-refractivity contribution in [3.8, 4) is 0 Å². The number of hydrogen-bond acceptors (Lipinski definition) is 5. The molecule has 156 valence electrons. The van der Waals surface area contributed by atoms with E-state index in [1.165, 1.54) is 4.88 Å². The van der Waals surface area contributed by atoms with Crippen LogP contribution in [0.15, 0.2) is 34.3 Å². The molecule has 10 heteroatoms. The monoisotopic (exact) mass is 537 g/mol. The van der Waals surface area contributed by atoms with Gasteiger partial charge in [-0.05, 0) is 38.0 Å². The quantitative estimate of drug-likeness (QED) is 0.208. The molecule has 2 aromatic rings. The average molecular weight is 537 g/mol. The normalized spacial score (nSPS) is 11.8. The SMILES string of the molecule is CN=C(NCCNS(=O)(=O)c1cc(C)ccc1C)NCCc1ncc(C)s1.I. The van der Waals surface area contributed by atoms with Crippen LogP contribution < -0.4 is 15.4 Å². The summed E-state index contributed by atoms with van der Waals surface area (Å²) in [4.78, 5) is 9.99. The van der Waals surface area contributed by atoms with Crippen LogP contribution in [0.25, 0.3) is 0 Å². The topological polar surface area (TPSA) is 95.5 Å². The van der Waals surface area contributed by atoms with Gasteiger partial charge in [-0.2, -0.15) is 0 Å². The van der Waals surface area contributed by atoms with Crippen LogP contribution in [0.3, 0.4) is 0 Å². The van der Waals surface area contributed by atoms with Gasteiger partial charge in [-0.15, -0.1) is 35.3 Å². The van der Waals surface area contributed by atoms with E-state index < -0.39 is 10.0 Å². The summed E-state index contributed by atoms with van der Waals surface area (Å²) in [5.74, 6) is 0.634. The molecule has 0 saturated heterocycles. The summed E-state index contributed by atoms with van der Waals surface area (Å²) < 4.78 is 27.5. The lowest BCUT2D eigenvalue weighted by Crippen LogP contribution is -2.42. The van der Waals surface area contributed by atoms with E-state index in [-0.39, 0.29) is 30.5 Å². The van der Waals surface area contributed by atoms with Gasteiger partial charge in [-0.1, -0.05) is 12.1 Å². The van der Waals surface area contributed by atoms with Gasteiger partial charge >= 0.3 is 0 Å². The molecule has 0 aliphatic rings. The van der Waals surface area contributed by atoms with E-state index in [0.717, 1.165) is 22.6 Å². The lowest BCUT2D eigenvalue weighted by molar-refractivity contribution is 0.580. The minimum Gasteiger partial charge on any atom is -0.356 e. The summed E-state index contributed by atoms with van der Waals surface area (Å²) >= 11 is 1.68. The third-order valence-electron chi connectivity index (χ3n) is 3.87. The van der Waals surface area contributed by atoms with Crippen LogP contribution in [0.5, 0.6) is 0 Å². The standard InChI is InChI=1S/C18H27N5O2S2.HI/c1-13-5-6-14(2)16(11-13)27(24,25)23-10-9-21-18(19-4)20-8-7-17-22-12-15(3)26-17;/h5-6,11-12,23H,7-10H2,1-4H3,(H2,19,20,21);1H. The maximum atomic E-state index is 12.5. The molecule has 0 fully saturated rings. The number of sulfonamides is 1. The molecular formula is C18H28IN5O2S2. The highest BCUT2D eigenvalue weighted by Gasteiger charge is 2.16. The first-order valence-corrected chi connectivity index (χ1v) is 11.0. The van der Waals surface area contributed by atoms with Gasteiger partial charge in [0.1, 0.15) is 0 Å². The van der Waals surface area contributed by atoms with Gasteiger partial charge in [-0.3, -0.25) is 4.99 Å². The molecule has 7 nitrogen and oxygen atoms in total. The summed E-state index contributed by atoms with van der Waals surface area (Å²) in [6, 6.07) is 5.41. The molecule has 0 aliphatic heterocycles. The Kier molecular flexibility index (Phi) is 10.4. The number of nitrogens with zero attached hydrogens (tertiary/aromatic N) is 2. The van der Waals surface area contributed by atoms with E-state index in [1.807, 2.05) is 32.2 Å². The number of aliphatic imine (C=N–C) groups is 1. The van der Waals surface area contributed by atoms with Gasteiger partial charge in [0.15, 0.2) is 5.96 Å². The summed E-state index contributed by atoms with van der Waals surface area (Å²) in [6.45, 7) is 7.11. The van der Waals surface area contributed by atoms with Crippen molar-refractivity contribution in [3.63, 3.8) is 0 Å². The predicted octanol–water partition coefficient (Wildman–Crippen LogP) is 2.37. The second kappa shape index (κ2) is 11.7. The molecule has 0 saturated carbocycles. The van der Waals surface area contributed by atoms with Crippen LogP contribution in [0.1, 0.15) is 21.0 Å². The third-order valence-corrected chi connectivity index (χ3v) is 6.44. The Morgan fingerprint density at radius 3 is 2.50 bits per heavy atom. The number of hydrogen-bond donors (Lipinski definition) is 3. The van der Waals surface area contributed by atoms with E-state index in [2.05, 4.69) is 25.3 Å². The summed E-state index contributed by atoms with van der Waals surface area (Å²) in [5.41, 5.74) is 1.65. The number of aromatic nitrogens is 1. The van der Waals surface area contributed by atoms with Crippen molar-refractivity contribution in [2.75, 3.05) is 26.7 Å². The van der Waals surface area contributed by atoms with Crippen LogP contribution in [0, 0.1) is 20.8 Å². The Hall–Kier alpha value is -1.24. The molecule has 0 radical (unpaired) electrons. The van der Waals surface area contributed by atoms with E-state index >= 15 is 0 Å². The molecule has 28 heavy (non-hydrogen) atoms. The van der Waals surface area contributed by atoms with Crippen LogP contribution in [-0.2, 0) is 16.4 Å². The molecule has 1 heterocycles. The Morgan fingerprint density at radius 2 is 1.86 bits per heavy atom. The fourth-order valence-corrected chi connectivity index (χ4v) is 4.61. The van der Waals surface area contributed by atoms with Crippen LogP contribution in [-0.4, -0.2) is 46.0 Å². The summed E-state index contributed by atoms with van der Waals surface area (Å²) in [6.07, 6.45) is 2.69. The highest BCUT2D eigenvalue weighted by Crippen LogP contribution is 2.16. The molecule has 0 atom stereocenters. The zero-order chi connectivity index (χ0) is 19.9. The Morgan fingerprint density at radius 1 is 1.14 bits per heavy atom. The number of halogens is 1. The maximum Gasteiger partial charge on any atom is 0.240 e. The summed E-state index contributed by atoms with van der Waals surface area (Å²) in [5, 5.41) is 7.39. The molecule has 0 bridgehead atoms. The highest BCUT2D eigenvalue weighted by molar-refractivity contribution is 14.0. The molecule has 1 aromatic carbocycles. The molecule has 2 rings (SSSR count). The zero-order valence-corrected chi connectivity index (χ0v) is 20.5. The van der Waals surface area contributed by atoms with Crippen molar-refractivity contribution in [2.45, 2.75) is 32.1 Å². The number of benzene rings is 1. The Balaban J connectivity index is 0.00000392. The largest absolute Gasteiger partial charge is 0.356 e. The lowest BCUT2D eigenvalue weighted by atomic mass is 10.2. The van der Waals surface area contributed by atoms with Crippen molar-refractivity contribution in [1.29, 1.82) is 0 Å². The van der Waals surface area contributed by atoms with Gasteiger partial charge in [-0.25, -0.2) is 18.1 Å². The Bertz CT molecular complexity index is 897. The van der Waals surface area contributed by atoms with E-state index in [1.54, 1.807) is 31.4 Å². The first-order valence-electron chi connectivity index (χ1n) is 8.74. The highest BCUT2D eigenvalue weighted by atomic mass is 127. The molecule has 0 spiro atoms. The second-order valence-electron chi connectivity index (χ2n) is 6.21. The van der Waals surface area contributed by atoms with Crippen molar-refractivity contribution < 1.29 is 8.42 Å². The predicted molar refractivity (Wildman–Crippen MR) is 126 cm³/mol. The number of guanidine groups is 1. The number of nitrogens with one attached hydrogen (secondary N) is 3. The molecule has 1 aromatic heterocycles. The minimum atomic E-state index is -3.53. The number of thiazole rings is 1. The zero-order valence-electron chi connectivity index (χ0n) is 16.6. The van der Waals surface area contributed by atoms with E-state index in [4.69, 9.17) is 0 Å². The second-order valence-corrected chi connectivity index (χ2v) is 9.26. The molecule has 0 aliphatic carbocycles. The van der Waals surface area contributed by atoms with Crippen molar-refractivity contribution >= 4 is 51.3 Å². The van der Waals surface area contributed by atoms with Gasteiger partial charge in [0.2, 0.25) is 10.0 Å². The van der Waals surface area contributed by atoms with Gasteiger partial charge in [0.05, 0.1) is 9.90 Å². The molecule has 0 amide bonds. The average Bonchev–Trinajstić information content (AvgIpc) is 3.04. The van der Waals surface area contributed by atoms with Gasteiger partial charge in [0, 0.05) is 44.2 Å². The van der Waals surface area contributed by atoms with Crippen molar-refractivity contribution in [3.05, 3.63) is 45.4 Å². The third kappa shape index (κ3) is 7.64. The van der Waals surface area contributed by atoms with Crippen LogP contribution >= 0.6 is 35.3 Å². The maximum absolute atomic E-state index is 12.5. The van der Waals surface area contributed by atoms with Crippen LogP contribution in [0.2, 0.25) is 0 Å². The lowest BCUT2D eigenvalue weighted by Gasteiger charge is -2.13. The first kappa shape index (κ1) is 24.8. The number of rotatable bonds is 8. The first-order chi connectivity index (χ1) is 12.8. The molecule has 3 N–H and O–H groups in total. The minimum absolute atomic E-state index is 0. The molecule has 0 unspecified atom stereocenters. The number of aryl methyl sites for hydroxylation is 3. The van der Waals surface area contributed by atoms with Gasteiger partial charge < -0.3 is 10.6 Å². The Labute approximate surface area is 188 Å². The van der Waals surface area contributed by atoms with Crippen molar-refractivity contribution in [1.82, 2.24) is 20.3 Å². The van der Waals surface area contributed by atoms with E-state index in [0.29, 0.717) is 23.9 Å². The fourth-order valence-electron chi connectivity index (χ4n) is 2.47. The molecular weight excluding hydrogens is 509 g/mol. The smallest absolute Gasteiger partial charge is 0.240 e. The fraction of sp³-hybridized carbons (Fsp3) is 0.444.